The second-order valence-corrected chi connectivity index (χ2v) is 5.80. The number of carbonyl (C=O) groups excluding carboxylic acids is 1. The summed E-state index contributed by atoms with van der Waals surface area (Å²) >= 11 is 7.55. The number of hydrogen-bond acceptors (Lipinski definition) is 5. The van der Waals surface area contributed by atoms with Crippen LogP contribution in [0.2, 0.25) is 5.02 Å². The van der Waals surface area contributed by atoms with Crippen molar-refractivity contribution in [2.24, 2.45) is 0 Å². The predicted octanol–water partition coefficient (Wildman–Crippen LogP) is 3.85. The summed E-state index contributed by atoms with van der Waals surface area (Å²) in [6.07, 6.45) is 3.47. The molecule has 3 rings (SSSR count). The van der Waals surface area contributed by atoms with Gasteiger partial charge in [0.2, 0.25) is 0 Å². The molecule has 4 nitrogen and oxygen atoms in total. The molecule has 0 amide bonds. The van der Waals surface area contributed by atoms with E-state index in [0.717, 1.165) is 16.4 Å². The van der Waals surface area contributed by atoms with Gasteiger partial charge in [0, 0.05) is 28.4 Å². The molecule has 1 unspecified atom stereocenters. The van der Waals surface area contributed by atoms with Gasteiger partial charge in [0.05, 0.1) is 11.4 Å². The van der Waals surface area contributed by atoms with Crippen molar-refractivity contribution in [1.82, 2.24) is 4.98 Å². The van der Waals surface area contributed by atoms with Gasteiger partial charge in [-0.05, 0) is 25.1 Å². The Morgan fingerprint density at radius 1 is 1.40 bits per heavy atom. The van der Waals surface area contributed by atoms with E-state index in [1.807, 2.05) is 17.5 Å². The molecule has 2 aromatic rings. The standard InChI is InChI=1S/C14H12ClN3OS/c1-8(19)10-7-17-11-3-2-9(15)6-12(11)18-13(10)14-16-4-5-20-14/h2-7,13,17-18H,1H3. The number of rotatable bonds is 2. The highest BCUT2D eigenvalue weighted by molar-refractivity contribution is 7.09. The minimum atomic E-state index is -0.264. The van der Waals surface area contributed by atoms with Crippen LogP contribution in [0.3, 0.4) is 0 Å². The molecule has 0 fully saturated rings. The molecular formula is C14H12ClN3OS. The van der Waals surface area contributed by atoms with Gasteiger partial charge in [0.1, 0.15) is 11.0 Å². The number of benzene rings is 1. The van der Waals surface area contributed by atoms with E-state index in [9.17, 15) is 4.79 Å². The molecule has 1 aromatic carbocycles. The Labute approximate surface area is 125 Å². The van der Waals surface area contributed by atoms with Gasteiger partial charge in [-0.15, -0.1) is 11.3 Å². The topological polar surface area (TPSA) is 54.0 Å². The lowest BCUT2D eigenvalue weighted by Gasteiger charge is -2.17. The van der Waals surface area contributed by atoms with Crippen molar-refractivity contribution < 1.29 is 4.79 Å². The lowest BCUT2D eigenvalue weighted by atomic mass is 10.1. The highest BCUT2D eigenvalue weighted by Crippen LogP contribution is 2.36. The van der Waals surface area contributed by atoms with Crippen molar-refractivity contribution >= 4 is 40.1 Å². The molecule has 0 radical (unpaired) electrons. The van der Waals surface area contributed by atoms with Crippen LogP contribution in [0.4, 0.5) is 11.4 Å². The Hall–Kier alpha value is -1.85. The minimum absolute atomic E-state index is 0.00380. The molecule has 1 aliphatic rings. The SMILES string of the molecule is CC(=O)C1=CNc2ccc(Cl)cc2NC1c1nccs1. The largest absolute Gasteiger partial charge is 0.370 e. The van der Waals surface area contributed by atoms with Crippen molar-refractivity contribution in [3.05, 3.63) is 51.6 Å². The van der Waals surface area contributed by atoms with Gasteiger partial charge in [0.25, 0.3) is 0 Å². The predicted molar refractivity (Wildman–Crippen MR) is 82.3 cm³/mol. The average molecular weight is 306 g/mol. The first kappa shape index (κ1) is 13.1. The second kappa shape index (κ2) is 5.26. The van der Waals surface area contributed by atoms with E-state index >= 15 is 0 Å². The van der Waals surface area contributed by atoms with Crippen LogP contribution >= 0.6 is 22.9 Å². The van der Waals surface area contributed by atoms with Gasteiger partial charge in [-0.2, -0.15) is 0 Å². The van der Waals surface area contributed by atoms with Crippen LogP contribution in [0, 0.1) is 0 Å². The number of hydrogen-bond donors (Lipinski definition) is 2. The summed E-state index contributed by atoms with van der Waals surface area (Å²) in [5.74, 6) is 0.00380. The van der Waals surface area contributed by atoms with Crippen LogP contribution < -0.4 is 10.6 Å². The number of fused-ring (bicyclic) bond motifs is 1. The molecule has 2 heterocycles. The van der Waals surface area contributed by atoms with E-state index in [4.69, 9.17) is 11.6 Å². The minimum Gasteiger partial charge on any atom is -0.370 e. The molecule has 102 valence electrons. The molecule has 1 aliphatic heterocycles. The van der Waals surface area contributed by atoms with Crippen LogP contribution in [0.1, 0.15) is 18.0 Å². The van der Waals surface area contributed by atoms with Crippen LogP contribution in [0.25, 0.3) is 0 Å². The first-order chi connectivity index (χ1) is 9.65. The normalized spacial score (nSPS) is 17.3. The Morgan fingerprint density at radius 2 is 2.25 bits per heavy atom. The maximum atomic E-state index is 11.9. The zero-order chi connectivity index (χ0) is 14.1. The van der Waals surface area contributed by atoms with E-state index in [1.165, 1.54) is 11.3 Å². The Bertz CT molecular complexity index is 682. The lowest BCUT2D eigenvalue weighted by molar-refractivity contribution is -0.113. The molecule has 0 aliphatic carbocycles. The molecule has 0 bridgehead atoms. The number of nitrogens with one attached hydrogen (secondary N) is 2. The molecule has 0 saturated heterocycles. The fraction of sp³-hybridized carbons (Fsp3) is 0.143. The lowest BCUT2D eigenvalue weighted by Crippen LogP contribution is -2.16. The number of carbonyl (C=O) groups is 1. The number of anilines is 2. The summed E-state index contributed by atoms with van der Waals surface area (Å²) in [4.78, 5) is 16.2. The fourth-order valence-electron chi connectivity index (χ4n) is 2.11. The molecule has 1 aromatic heterocycles. The quantitative estimate of drug-likeness (QED) is 0.885. The molecule has 6 heteroatoms. The third-order valence-corrected chi connectivity index (χ3v) is 4.16. The summed E-state index contributed by atoms with van der Waals surface area (Å²) in [5, 5.41) is 9.88. The van der Waals surface area contributed by atoms with Crippen LogP contribution in [-0.4, -0.2) is 10.8 Å². The van der Waals surface area contributed by atoms with E-state index < -0.39 is 0 Å². The maximum absolute atomic E-state index is 11.9. The number of aromatic nitrogens is 1. The monoisotopic (exact) mass is 305 g/mol. The van der Waals surface area contributed by atoms with Crippen molar-refractivity contribution in [1.29, 1.82) is 0 Å². The first-order valence-electron chi connectivity index (χ1n) is 6.08. The third-order valence-electron chi connectivity index (χ3n) is 3.08. The zero-order valence-corrected chi connectivity index (χ0v) is 12.3. The molecule has 0 saturated carbocycles. The second-order valence-electron chi connectivity index (χ2n) is 4.44. The van der Waals surface area contributed by atoms with E-state index in [1.54, 1.807) is 25.4 Å². The van der Waals surface area contributed by atoms with Gasteiger partial charge in [-0.25, -0.2) is 4.98 Å². The maximum Gasteiger partial charge on any atom is 0.159 e. The van der Waals surface area contributed by atoms with Gasteiger partial charge < -0.3 is 10.6 Å². The van der Waals surface area contributed by atoms with Crippen LogP contribution in [0.15, 0.2) is 41.5 Å². The number of thiazole rings is 1. The molecular weight excluding hydrogens is 294 g/mol. The molecule has 2 N–H and O–H groups in total. The highest BCUT2D eigenvalue weighted by Gasteiger charge is 2.25. The number of ketones is 1. The molecule has 20 heavy (non-hydrogen) atoms. The van der Waals surface area contributed by atoms with Gasteiger partial charge >= 0.3 is 0 Å². The number of halogens is 1. The summed E-state index contributed by atoms with van der Waals surface area (Å²) in [7, 11) is 0. The summed E-state index contributed by atoms with van der Waals surface area (Å²) in [5.41, 5.74) is 2.38. The van der Waals surface area contributed by atoms with Gasteiger partial charge in [-0.3, -0.25) is 4.79 Å². The number of nitrogens with zero attached hydrogens (tertiary/aromatic N) is 1. The van der Waals surface area contributed by atoms with E-state index in [0.29, 0.717) is 10.6 Å². The Morgan fingerprint density at radius 3 is 2.95 bits per heavy atom. The van der Waals surface area contributed by atoms with Gasteiger partial charge in [-0.1, -0.05) is 11.6 Å². The van der Waals surface area contributed by atoms with Crippen molar-refractivity contribution in [2.75, 3.05) is 10.6 Å². The van der Waals surface area contributed by atoms with E-state index in [2.05, 4.69) is 15.6 Å². The van der Waals surface area contributed by atoms with Crippen molar-refractivity contribution in [3.63, 3.8) is 0 Å². The third kappa shape index (κ3) is 2.42. The highest BCUT2D eigenvalue weighted by atomic mass is 35.5. The smallest absolute Gasteiger partial charge is 0.159 e. The van der Waals surface area contributed by atoms with Crippen LogP contribution in [-0.2, 0) is 4.79 Å². The van der Waals surface area contributed by atoms with Crippen LogP contribution in [0.5, 0.6) is 0 Å². The van der Waals surface area contributed by atoms with E-state index in [-0.39, 0.29) is 11.8 Å². The first-order valence-corrected chi connectivity index (χ1v) is 7.34. The average Bonchev–Trinajstić information content (AvgIpc) is 2.86. The molecule has 0 spiro atoms. The Balaban J connectivity index is 2.07. The summed E-state index contributed by atoms with van der Waals surface area (Å²) < 4.78 is 0. The van der Waals surface area contributed by atoms with Gasteiger partial charge in [0.15, 0.2) is 5.78 Å². The zero-order valence-electron chi connectivity index (χ0n) is 10.7. The molecule has 1 atom stereocenters. The fourth-order valence-corrected chi connectivity index (χ4v) is 2.99. The Kier molecular flexibility index (Phi) is 3.46. The summed E-state index contributed by atoms with van der Waals surface area (Å²) in [6, 6.07) is 5.25. The van der Waals surface area contributed by atoms with Crippen molar-refractivity contribution in [3.8, 4) is 0 Å². The summed E-state index contributed by atoms with van der Waals surface area (Å²) in [6.45, 7) is 1.55. The number of Topliss-reactive ketones (excluding diaryl/α,β-unsaturated/α-hetero) is 1. The van der Waals surface area contributed by atoms with Crippen molar-refractivity contribution in [2.45, 2.75) is 13.0 Å².